The summed E-state index contributed by atoms with van der Waals surface area (Å²) in [7, 11) is 0. The van der Waals surface area contributed by atoms with Gasteiger partial charge < -0.3 is 5.32 Å². The van der Waals surface area contributed by atoms with Gasteiger partial charge in [-0.1, -0.05) is 31.9 Å². The van der Waals surface area contributed by atoms with Crippen LogP contribution in [-0.4, -0.2) is 0 Å². The average molecular weight is 356 g/mol. The molecule has 1 aromatic carbocycles. The third kappa shape index (κ3) is 4.69. The molecule has 0 spiro atoms. The molecule has 0 saturated carbocycles. The number of unbranched alkanes of at least 4 members (excludes halogenated alkanes) is 1. The summed E-state index contributed by atoms with van der Waals surface area (Å²) >= 11 is 5.22. The van der Waals surface area contributed by atoms with Crippen molar-refractivity contribution in [2.24, 2.45) is 0 Å². The topological polar surface area (TPSA) is 12.0 Å². The van der Waals surface area contributed by atoms with E-state index >= 15 is 0 Å². The van der Waals surface area contributed by atoms with Crippen molar-refractivity contribution in [3.63, 3.8) is 0 Å². The van der Waals surface area contributed by atoms with Crippen LogP contribution in [-0.2, 0) is 6.54 Å². The molecule has 2 aromatic rings. The highest BCUT2D eigenvalue weighted by atomic mass is 79.9. The van der Waals surface area contributed by atoms with Crippen molar-refractivity contribution in [2.45, 2.75) is 38.8 Å². The van der Waals surface area contributed by atoms with E-state index in [4.69, 9.17) is 0 Å². The third-order valence-electron chi connectivity index (χ3n) is 3.26. The highest BCUT2D eigenvalue weighted by molar-refractivity contribution is 9.10. The van der Waals surface area contributed by atoms with Crippen LogP contribution in [0, 0.1) is 5.82 Å². The van der Waals surface area contributed by atoms with Crippen molar-refractivity contribution in [1.82, 2.24) is 5.32 Å². The Labute approximate surface area is 132 Å². The Balaban J connectivity index is 2.01. The maximum absolute atomic E-state index is 13.0. The lowest BCUT2D eigenvalue weighted by Crippen LogP contribution is -2.20. The quantitative estimate of drug-likeness (QED) is 0.674. The normalized spacial score (nSPS) is 12.6. The minimum Gasteiger partial charge on any atom is -0.305 e. The Bertz CT molecular complexity index is 524. The fourth-order valence-corrected chi connectivity index (χ4v) is 3.56. The van der Waals surface area contributed by atoms with Crippen LogP contribution in [0.3, 0.4) is 0 Å². The number of rotatable bonds is 7. The van der Waals surface area contributed by atoms with Crippen LogP contribution in [0.2, 0.25) is 0 Å². The van der Waals surface area contributed by atoms with Gasteiger partial charge in [0.1, 0.15) is 5.82 Å². The number of thiophene rings is 1. The fraction of sp³-hybridized carbons (Fsp3) is 0.375. The van der Waals surface area contributed by atoms with E-state index in [0.29, 0.717) is 0 Å². The minimum atomic E-state index is -0.176. The molecule has 1 N–H and O–H groups in total. The van der Waals surface area contributed by atoms with Gasteiger partial charge in [0.05, 0.1) is 0 Å². The molecular formula is C16H19BrFNS. The summed E-state index contributed by atoms with van der Waals surface area (Å²) in [6.45, 7) is 3.04. The van der Waals surface area contributed by atoms with Crippen LogP contribution in [0.1, 0.15) is 42.7 Å². The SMILES string of the molecule is CCCCC(NCc1cc(Br)cs1)c1ccc(F)cc1. The minimum absolute atomic E-state index is 0.176. The summed E-state index contributed by atoms with van der Waals surface area (Å²) in [4.78, 5) is 1.31. The van der Waals surface area contributed by atoms with E-state index in [1.54, 1.807) is 11.3 Å². The molecule has 0 aliphatic rings. The zero-order chi connectivity index (χ0) is 14.4. The van der Waals surface area contributed by atoms with E-state index in [2.05, 4.69) is 39.6 Å². The largest absolute Gasteiger partial charge is 0.305 e. The molecule has 1 nitrogen and oxygen atoms in total. The molecule has 0 bridgehead atoms. The van der Waals surface area contributed by atoms with Gasteiger partial charge in [-0.25, -0.2) is 4.39 Å². The van der Waals surface area contributed by atoms with E-state index in [1.165, 1.54) is 29.9 Å². The van der Waals surface area contributed by atoms with E-state index in [1.807, 2.05) is 12.1 Å². The van der Waals surface area contributed by atoms with Crippen LogP contribution in [0.25, 0.3) is 0 Å². The number of benzene rings is 1. The van der Waals surface area contributed by atoms with E-state index in [0.717, 1.165) is 23.0 Å². The summed E-state index contributed by atoms with van der Waals surface area (Å²) in [6.07, 6.45) is 3.42. The molecule has 0 radical (unpaired) electrons. The monoisotopic (exact) mass is 355 g/mol. The van der Waals surface area contributed by atoms with Crippen LogP contribution < -0.4 is 5.32 Å². The zero-order valence-corrected chi connectivity index (χ0v) is 13.9. The van der Waals surface area contributed by atoms with Crippen molar-refractivity contribution in [3.8, 4) is 0 Å². The molecule has 0 saturated heterocycles. The van der Waals surface area contributed by atoms with Crippen molar-refractivity contribution < 1.29 is 4.39 Å². The van der Waals surface area contributed by atoms with Gasteiger partial charge in [0, 0.05) is 27.3 Å². The second-order valence-electron chi connectivity index (χ2n) is 4.86. The lowest BCUT2D eigenvalue weighted by Gasteiger charge is -2.18. The van der Waals surface area contributed by atoms with Crippen molar-refractivity contribution >= 4 is 27.3 Å². The second kappa shape index (κ2) is 7.91. The standard InChI is InChI=1S/C16H19BrFNS/c1-2-3-4-16(12-5-7-14(18)8-6-12)19-10-15-9-13(17)11-20-15/h5-9,11,16,19H,2-4,10H2,1H3. The lowest BCUT2D eigenvalue weighted by atomic mass is 10.0. The molecule has 0 fully saturated rings. The van der Waals surface area contributed by atoms with E-state index < -0.39 is 0 Å². The Morgan fingerprint density at radius 3 is 2.65 bits per heavy atom. The molecule has 1 unspecified atom stereocenters. The van der Waals surface area contributed by atoms with Gasteiger partial charge in [-0.05, 0) is 46.1 Å². The molecule has 1 aromatic heterocycles. The number of halogens is 2. The molecule has 20 heavy (non-hydrogen) atoms. The van der Waals surface area contributed by atoms with Crippen molar-refractivity contribution in [2.75, 3.05) is 0 Å². The van der Waals surface area contributed by atoms with Crippen LogP contribution in [0.4, 0.5) is 4.39 Å². The number of hydrogen-bond acceptors (Lipinski definition) is 2. The van der Waals surface area contributed by atoms with Crippen molar-refractivity contribution in [1.29, 1.82) is 0 Å². The van der Waals surface area contributed by atoms with Gasteiger partial charge in [0.25, 0.3) is 0 Å². The van der Waals surface area contributed by atoms with Gasteiger partial charge in [-0.2, -0.15) is 0 Å². The summed E-state index contributed by atoms with van der Waals surface area (Å²) in [5, 5.41) is 5.68. The van der Waals surface area contributed by atoms with Crippen LogP contribution in [0.5, 0.6) is 0 Å². The Kier molecular flexibility index (Phi) is 6.20. The molecule has 108 valence electrons. The van der Waals surface area contributed by atoms with Crippen LogP contribution in [0.15, 0.2) is 40.2 Å². The third-order valence-corrected chi connectivity index (χ3v) is 4.96. The van der Waals surface area contributed by atoms with Gasteiger partial charge in [0.2, 0.25) is 0 Å². The predicted octanol–water partition coefficient (Wildman–Crippen LogP) is 5.67. The van der Waals surface area contributed by atoms with Gasteiger partial charge in [0.15, 0.2) is 0 Å². The van der Waals surface area contributed by atoms with Gasteiger partial charge in [-0.15, -0.1) is 11.3 Å². The number of hydrogen-bond donors (Lipinski definition) is 1. The lowest BCUT2D eigenvalue weighted by molar-refractivity contribution is 0.482. The Morgan fingerprint density at radius 2 is 2.05 bits per heavy atom. The molecule has 1 heterocycles. The van der Waals surface area contributed by atoms with Gasteiger partial charge in [-0.3, -0.25) is 0 Å². The Morgan fingerprint density at radius 1 is 1.30 bits per heavy atom. The maximum Gasteiger partial charge on any atom is 0.123 e. The molecule has 0 aliphatic carbocycles. The first-order valence-electron chi connectivity index (χ1n) is 6.90. The summed E-state index contributed by atoms with van der Waals surface area (Å²) < 4.78 is 14.2. The first kappa shape index (κ1) is 15.7. The van der Waals surface area contributed by atoms with Crippen LogP contribution >= 0.6 is 27.3 Å². The molecule has 0 aliphatic heterocycles. The van der Waals surface area contributed by atoms with E-state index in [9.17, 15) is 4.39 Å². The fourth-order valence-electron chi connectivity index (χ4n) is 2.16. The van der Waals surface area contributed by atoms with Crippen molar-refractivity contribution in [3.05, 3.63) is 56.4 Å². The smallest absolute Gasteiger partial charge is 0.123 e. The molecule has 4 heteroatoms. The summed E-state index contributed by atoms with van der Waals surface area (Å²) in [6, 6.07) is 9.27. The number of nitrogens with one attached hydrogen (secondary N) is 1. The summed E-state index contributed by atoms with van der Waals surface area (Å²) in [5.74, 6) is -0.176. The summed E-state index contributed by atoms with van der Waals surface area (Å²) in [5.41, 5.74) is 1.16. The molecule has 1 atom stereocenters. The van der Waals surface area contributed by atoms with E-state index in [-0.39, 0.29) is 11.9 Å². The maximum atomic E-state index is 13.0. The molecule has 2 rings (SSSR count). The van der Waals surface area contributed by atoms with Gasteiger partial charge >= 0.3 is 0 Å². The highest BCUT2D eigenvalue weighted by Crippen LogP contribution is 2.23. The Hall–Kier alpha value is -0.710. The molecule has 0 amide bonds. The second-order valence-corrected chi connectivity index (χ2v) is 6.77. The first-order chi connectivity index (χ1) is 9.69. The predicted molar refractivity (Wildman–Crippen MR) is 87.5 cm³/mol. The average Bonchev–Trinajstić information content (AvgIpc) is 2.86. The first-order valence-corrected chi connectivity index (χ1v) is 8.58. The highest BCUT2D eigenvalue weighted by Gasteiger charge is 2.11. The zero-order valence-electron chi connectivity index (χ0n) is 11.5. The molecular weight excluding hydrogens is 337 g/mol.